The number of hydrogen-bond donors (Lipinski definition) is 1. The van der Waals surface area contributed by atoms with Gasteiger partial charge in [-0.05, 0) is 31.6 Å². The lowest BCUT2D eigenvalue weighted by molar-refractivity contribution is -0.907. The van der Waals surface area contributed by atoms with Crippen molar-refractivity contribution in [1.29, 1.82) is 0 Å². The first-order chi connectivity index (χ1) is 8.43. The Morgan fingerprint density at radius 3 is 2.72 bits per heavy atom. The lowest BCUT2D eigenvalue weighted by Crippen LogP contribution is -3.10. The van der Waals surface area contributed by atoms with Gasteiger partial charge in [-0.25, -0.2) is 0 Å². The van der Waals surface area contributed by atoms with Gasteiger partial charge in [0.2, 0.25) is 0 Å². The molecule has 0 bridgehead atoms. The predicted octanol–water partition coefficient (Wildman–Crippen LogP) is 2.23. The Balaban J connectivity index is 2.96. The van der Waals surface area contributed by atoms with Gasteiger partial charge in [-0.15, -0.1) is 0 Å². The van der Waals surface area contributed by atoms with Gasteiger partial charge < -0.3 is 4.90 Å². The van der Waals surface area contributed by atoms with Gasteiger partial charge in [0.15, 0.2) is 0 Å². The molecule has 1 unspecified atom stereocenters. The van der Waals surface area contributed by atoms with Crippen molar-refractivity contribution in [3.05, 3.63) is 51.1 Å². The Bertz CT molecular complexity index is 460. The van der Waals surface area contributed by atoms with E-state index in [2.05, 4.69) is 13.5 Å². The van der Waals surface area contributed by atoms with Crippen LogP contribution in [0.5, 0.6) is 0 Å². The van der Waals surface area contributed by atoms with Crippen LogP contribution < -0.4 is 4.90 Å². The van der Waals surface area contributed by atoms with E-state index in [0.717, 1.165) is 18.7 Å². The highest BCUT2D eigenvalue weighted by Gasteiger charge is 2.18. The van der Waals surface area contributed by atoms with Crippen LogP contribution in [-0.4, -0.2) is 18.0 Å². The van der Waals surface area contributed by atoms with Crippen LogP contribution in [0.4, 0.5) is 5.69 Å². The summed E-state index contributed by atoms with van der Waals surface area (Å²) >= 11 is 5.90. The fourth-order valence-corrected chi connectivity index (χ4v) is 2.08. The van der Waals surface area contributed by atoms with Crippen molar-refractivity contribution >= 4 is 17.3 Å². The number of nitro benzene ring substituents is 1. The molecule has 1 rings (SSSR count). The van der Waals surface area contributed by atoms with Gasteiger partial charge >= 0.3 is 0 Å². The van der Waals surface area contributed by atoms with E-state index < -0.39 is 0 Å². The average Bonchev–Trinajstić information content (AvgIpc) is 2.27. The molecule has 1 atom stereocenters. The normalized spacial score (nSPS) is 12.2. The number of hydrogen-bond acceptors (Lipinski definition) is 2. The van der Waals surface area contributed by atoms with E-state index in [1.54, 1.807) is 12.1 Å². The van der Waals surface area contributed by atoms with Crippen molar-refractivity contribution in [1.82, 2.24) is 0 Å². The van der Waals surface area contributed by atoms with Crippen LogP contribution in [0.2, 0.25) is 5.02 Å². The van der Waals surface area contributed by atoms with Gasteiger partial charge in [0.25, 0.3) is 5.69 Å². The number of quaternary nitrogens is 1. The maximum absolute atomic E-state index is 11.0. The van der Waals surface area contributed by atoms with E-state index in [1.165, 1.54) is 11.0 Å². The van der Waals surface area contributed by atoms with Crippen molar-refractivity contribution in [3.8, 4) is 0 Å². The van der Waals surface area contributed by atoms with E-state index in [-0.39, 0.29) is 10.6 Å². The monoisotopic (exact) mass is 269 g/mol. The number of nitrogens with zero attached hydrogens (tertiary/aromatic N) is 1. The van der Waals surface area contributed by atoms with Crippen molar-refractivity contribution in [2.45, 2.75) is 20.4 Å². The molecule has 0 saturated heterocycles. The lowest BCUT2D eigenvalue weighted by Gasteiger charge is -2.17. The molecule has 0 aliphatic carbocycles. The Morgan fingerprint density at radius 1 is 1.56 bits per heavy atom. The average molecular weight is 270 g/mol. The van der Waals surface area contributed by atoms with Gasteiger partial charge in [0, 0.05) is 11.1 Å². The minimum absolute atomic E-state index is 0.132. The highest BCUT2D eigenvalue weighted by Crippen LogP contribution is 2.21. The van der Waals surface area contributed by atoms with Crippen molar-refractivity contribution in [2.24, 2.45) is 0 Å². The Morgan fingerprint density at radius 2 is 2.22 bits per heavy atom. The fraction of sp³-hybridized carbons (Fsp3) is 0.385. The van der Waals surface area contributed by atoms with Crippen LogP contribution in [0.25, 0.3) is 0 Å². The molecule has 0 aliphatic rings. The number of nitrogens with one attached hydrogen (secondary N) is 1. The van der Waals surface area contributed by atoms with Crippen LogP contribution in [0.3, 0.4) is 0 Å². The van der Waals surface area contributed by atoms with Gasteiger partial charge in [-0.1, -0.05) is 18.2 Å². The Kier molecular flexibility index (Phi) is 5.31. The zero-order chi connectivity index (χ0) is 13.7. The minimum atomic E-state index is -0.361. The molecule has 0 spiro atoms. The van der Waals surface area contributed by atoms with Gasteiger partial charge in [0.05, 0.1) is 23.6 Å². The van der Waals surface area contributed by atoms with E-state index in [4.69, 9.17) is 11.6 Å². The number of halogens is 1. The molecule has 1 aromatic carbocycles. The highest BCUT2D eigenvalue weighted by molar-refractivity contribution is 6.30. The number of rotatable bonds is 6. The molecular formula is C13H18ClN2O2+. The van der Waals surface area contributed by atoms with Crippen LogP contribution in [0, 0.1) is 10.1 Å². The van der Waals surface area contributed by atoms with Crippen molar-refractivity contribution in [3.63, 3.8) is 0 Å². The smallest absolute Gasteiger partial charge is 0.278 e. The third-order valence-corrected chi connectivity index (χ3v) is 2.97. The summed E-state index contributed by atoms with van der Waals surface area (Å²) in [6.07, 6.45) is 0. The summed E-state index contributed by atoms with van der Waals surface area (Å²) in [7, 11) is 0. The SMILES string of the molecule is C=C(C)C[NH+](CC)Cc1cc(Cl)ccc1[N+](=O)[O-]. The number of likely N-dealkylation sites (N-methyl/N-ethyl adjacent to an activating group) is 1. The molecule has 98 valence electrons. The van der Waals surface area contributed by atoms with E-state index >= 15 is 0 Å². The maximum Gasteiger partial charge on any atom is 0.278 e. The summed E-state index contributed by atoms with van der Waals surface area (Å²) in [5, 5.41) is 11.5. The molecule has 1 N–H and O–H groups in total. The second kappa shape index (κ2) is 6.52. The molecule has 0 fully saturated rings. The predicted molar refractivity (Wildman–Crippen MR) is 73.0 cm³/mol. The number of nitro groups is 1. The van der Waals surface area contributed by atoms with Crippen molar-refractivity contribution in [2.75, 3.05) is 13.1 Å². The zero-order valence-electron chi connectivity index (χ0n) is 10.7. The quantitative estimate of drug-likeness (QED) is 0.489. The lowest BCUT2D eigenvalue weighted by atomic mass is 10.1. The first kappa shape index (κ1) is 14.7. The molecule has 5 heteroatoms. The summed E-state index contributed by atoms with van der Waals surface area (Å²) in [6.45, 7) is 10.2. The third-order valence-electron chi connectivity index (χ3n) is 2.73. The molecule has 4 nitrogen and oxygen atoms in total. The Hall–Kier alpha value is -1.39. The largest absolute Gasteiger partial charge is 0.328 e. The number of benzene rings is 1. The van der Waals surface area contributed by atoms with E-state index in [9.17, 15) is 10.1 Å². The van der Waals surface area contributed by atoms with Crippen LogP contribution in [0.1, 0.15) is 19.4 Å². The van der Waals surface area contributed by atoms with Gasteiger partial charge in [-0.3, -0.25) is 10.1 Å². The summed E-state index contributed by atoms with van der Waals surface area (Å²) < 4.78 is 0. The van der Waals surface area contributed by atoms with E-state index in [1.807, 2.05) is 6.92 Å². The molecule has 0 heterocycles. The molecule has 0 saturated carbocycles. The zero-order valence-corrected chi connectivity index (χ0v) is 11.5. The molecule has 0 radical (unpaired) electrons. The third kappa shape index (κ3) is 4.13. The second-order valence-corrected chi connectivity index (χ2v) is 4.88. The van der Waals surface area contributed by atoms with Crippen molar-refractivity contribution < 1.29 is 9.82 Å². The first-order valence-electron chi connectivity index (χ1n) is 5.84. The molecular weight excluding hydrogens is 252 g/mol. The van der Waals surface area contributed by atoms with Crippen LogP contribution in [0.15, 0.2) is 30.4 Å². The van der Waals surface area contributed by atoms with Gasteiger partial charge in [0.1, 0.15) is 6.54 Å². The standard InChI is InChI=1S/C13H17ClN2O2/c1-4-15(8-10(2)3)9-11-7-12(14)5-6-13(11)16(17)18/h5-7H,2,4,8-9H2,1,3H3/p+1. The molecule has 0 aromatic heterocycles. The van der Waals surface area contributed by atoms with Crippen LogP contribution >= 0.6 is 11.6 Å². The minimum Gasteiger partial charge on any atom is -0.328 e. The van der Waals surface area contributed by atoms with Crippen LogP contribution in [-0.2, 0) is 6.54 Å². The van der Waals surface area contributed by atoms with Gasteiger partial charge in [-0.2, -0.15) is 0 Å². The summed E-state index contributed by atoms with van der Waals surface area (Å²) in [5.74, 6) is 0. The Labute approximate surface area is 112 Å². The second-order valence-electron chi connectivity index (χ2n) is 4.44. The fourth-order valence-electron chi connectivity index (χ4n) is 1.88. The summed E-state index contributed by atoms with van der Waals surface area (Å²) in [6, 6.07) is 4.69. The summed E-state index contributed by atoms with van der Waals surface area (Å²) in [5.41, 5.74) is 1.87. The maximum atomic E-state index is 11.0. The molecule has 0 aliphatic heterocycles. The highest BCUT2D eigenvalue weighted by atomic mass is 35.5. The first-order valence-corrected chi connectivity index (χ1v) is 6.22. The molecule has 1 aromatic rings. The molecule has 18 heavy (non-hydrogen) atoms. The topological polar surface area (TPSA) is 47.6 Å². The molecule has 0 amide bonds. The van der Waals surface area contributed by atoms with E-state index in [0.29, 0.717) is 17.1 Å². The summed E-state index contributed by atoms with van der Waals surface area (Å²) in [4.78, 5) is 11.8.